The lowest BCUT2D eigenvalue weighted by Crippen LogP contribution is -2.27. The van der Waals surface area contributed by atoms with Crippen LogP contribution in [0.25, 0.3) is 66.3 Å². The molecule has 7 aromatic rings. The van der Waals surface area contributed by atoms with Gasteiger partial charge in [-0.3, -0.25) is 0 Å². The van der Waals surface area contributed by atoms with E-state index in [0.717, 1.165) is 44.8 Å². The first-order chi connectivity index (χ1) is 21.3. The molecular weight excluding hydrogens is 538 g/mol. The van der Waals surface area contributed by atoms with Gasteiger partial charge < -0.3 is 4.74 Å². The first kappa shape index (κ1) is 27.4. The SMILES string of the molecule is CC(C)(C)OC(=O)n1c(-c2ccc(-c3ccc4ccccc4c3)cc2)ccc1-c1ccc(-c2ccc3ccccc3c2)cc1. The van der Waals surface area contributed by atoms with Crippen molar-refractivity contribution in [2.45, 2.75) is 26.4 Å². The molecule has 6 aromatic carbocycles. The Balaban J connectivity index is 1.24. The minimum atomic E-state index is -0.629. The molecule has 44 heavy (non-hydrogen) atoms. The number of hydrogen-bond acceptors (Lipinski definition) is 2. The van der Waals surface area contributed by atoms with Gasteiger partial charge in [0, 0.05) is 0 Å². The van der Waals surface area contributed by atoms with Crippen molar-refractivity contribution < 1.29 is 9.53 Å². The van der Waals surface area contributed by atoms with Gasteiger partial charge in [0.15, 0.2) is 0 Å². The molecule has 3 nitrogen and oxygen atoms in total. The van der Waals surface area contributed by atoms with E-state index in [-0.39, 0.29) is 0 Å². The van der Waals surface area contributed by atoms with Gasteiger partial charge in [0.05, 0.1) is 11.4 Å². The summed E-state index contributed by atoms with van der Waals surface area (Å²) in [6.07, 6.45) is -0.398. The molecule has 1 heterocycles. The molecule has 0 aliphatic carbocycles. The quantitative estimate of drug-likeness (QED) is 0.210. The van der Waals surface area contributed by atoms with E-state index in [9.17, 15) is 4.79 Å². The molecule has 0 aliphatic heterocycles. The maximum atomic E-state index is 13.7. The smallest absolute Gasteiger partial charge is 0.419 e. The highest BCUT2D eigenvalue weighted by Gasteiger charge is 2.24. The molecule has 0 atom stereocenters. The van der Waals surface area contributed by atoms with Crippen LogP contribution in [0.2, 0.25) is 0 Å². The van der Waals surface area contributed by atoms with Crippen LogP contribution in [0, 0.1) is 0 Å². The van der Waals surface area contributed by atoms with E-state index in [0.29, 0.717) is 0 Å². The van der Waals surface area contributed by atoms with E-state index >= 15 is 0 Å². The van der Waals surface area contributed by atoms with Crippen LogP contribution in [0.3, 0.4) is 0 Å². The number of fused-ring (bicyclic) bond motifs is 2. The number of nitrogens with zero attached hydrogens (tertiary/aromatic N) is 1. The van der Waals surface area contributed by atoms with Crippen LogP contribution in [-0.2, 0) is 4.74 Å². The topological polar surface area (TPSA) is 31.2 Å². The summed E-state index contributed by atoms with van der Waals surface area (Å²) in [5.41, 5.74) is 7.40. The second-order valence-corrected chi connectivity index (χ2v) is 12.2. The largest absolute Gasteiger partial charge is 0.443 e. The van der Waals surface area contributed by atoms with Gasteiger partial charge in [-0.1, -0.05) is 121 Å². The molecule has 7 rings (SSSR count). The van der Waals surface area contributed by atoms with Crippen molar-refractivity contribution in [2.24, 2.45) is 0 Å². The number of aromatic nitrogens is 1. The predicted molar refractivity (Wildman–Crippen MR) is 183 cm³/mol. The van der Waals surface area contributed by atoms with Gasteiger partial charge in [-0.05, 0) is 100.0 Å². The van der Waals surface area contributed by atoms with E-state index in [1.807, 2.05) is 32.9 Å². The fraction of sp³-hybridized carbons (Fsp3) is 0.0976. The highest BCUT2D eigenvalue weighted by molar-refractivity contribution is 5.90. The van der Waals surface area contributed by atoms with E-state index in [4.69, 9.17) is 4.74 Å². The van der Waals surface area contributed by atoms with Gasteiger partial charge in [-0.2, -0.15) is 0 Å². The fourth-order valence-corrected chi connectivity index (χ4v) is 5.80. The van der Waals surface area contributed by atoms with Crippen molar-refractivity contribution in [3.63, 3.8) is 0 Å². The predicted octanol–water partition coefficient (Wildman–Crippen LogP) is 11.2. The second kappa shape index (κ2) is 11.0. The maximum absolute atomic E-state index is 13.7. The molecule has 214 valence electrons. The van der Waals surface area contributed by atoms with Gasteiger partial charge in [0.2, 0.25) is 0 Å². The van der Waals surface area contributed by atoms with Gasteiger partial charge >= 0.3 is 6.09 Å². The Labute approximate surface area is 258 Å². The van der Waals surface area contributed by atoms with Crippen molar-refractivity contribution >= 4 is 27.6 Å². The lowest BCUT2D eigenvalue weighted by Gasteiger charge is -2.22. The third-order valence-corrected chi connectivity index (χ3v) is 7.98. The van der Waals surface area contributed by atoms with Crippen molar-refractivity contribution in [1.29, 1.82) is 0 Å². The first-order valence-corrected chi connectivity index (χ1v) is 15.0. The molecule has 0 spiro atoms. The number of carbonyl (C=O) groups excluding carboxylic acids is 1. The third-order valence-electron chi connectivity index (χ3n) is 7.98. The monoisotopic (exact) mass is 571 g/mol. The summed E-state index contributed by atoms with van der Waals surface area (Å²) in [5, 5.41) is 4.87. The molecule has 1 aromatic heterocycles. The Kier molecular flexibility index (Phi) is 6.87. The molecule has 0 fully saturated rings. The van der Waals surface area contributed by atoms with Gasteiger partial charge in [0.25, 0.3) is 0 Å². The minimum absolute atomic E-state index is 0.398. The van der Waals surface area contributed by atoms with Crippen molar-refractivity contribution in [2.75, 3.05) is 0 Å². The van der Waals surface area contributed by atoms with E-state index < -0.39 is 11.7 Å². The Morgan fingerprint density at radius 2 is 0.818 bits per heavy atom. The summed E-state index contributed by atoms with van der Waals surface area (Å²) < 4.78 is 7.59. The average molecular weight is 572 g/mol. The first-order valence-electron chi connectivity index (χ1n) is 15.0. The standard InChI is InChI=1S/C41H33NO2/c1-41(2,3)44-40(43)42-38(32-18-12-30(13-19-32)36-22-16-28-8-4-6-10-34(28)26-36)24-25-39(42)33-20-14-31(15-21-33)37-23-17-29-9-5-7-11-35(29)27-37/h4-27H,1-3H3. The lowest BCUT2D eigenvalue weighted by molar-refractivity contribution is 0.0543. The molecule has 0 aliphatic rings. The van der Waals surface area contributed by atoms with Crippen LogP contribution in [-0.4, -0.2) is 16.3 Å². The lowest BCUT2D eigenvalue weighted by atomic mass is 9.99. The Bertz CT molecular complexity index is 1990. The molecule has 0 amide bonds. The number of hydrogen-bond donors (Lipinski definition) is 0. The van der Waals surface area contributed by atoms with Crippen LogP contribution < -0.4 is 0 Å². The molecular formula is C41H33NO2. The Morgan fingerprint density at radius 1 is 0.455 bits per heavy atom. The Hall–Kier alpha value is -5.41. The molecule has 0 bridgehead atoms. The molecule has 3 heteroatoms. The normalized spacial score (nSPS) is 11.6. The molecule has 0 N–H and O–H groups in total. The summed E-state index contributed by atoms with van der Waals surface area (Å²) in [6, 6.07) is 50.6. The minimum Gasteiger partial charge on any atom is -0.443 e. The average Bonchev–Trinajstić information content (AvgIpc) is 3.49. The number of carbonyl (C=O) groups is 1. The van der Waals surface area contributed by atoms with E-state index in [2.05, 4.69) is 133 Å². The third kappa shape index (κ3) is 5.41. The molecule has 0 saturated carbocycles. The molecule has 0 unspecified atom stereocenters. The van der Waals surface area contributed by atoms with Crippen molar-refractivity contribution in [3.05, 3.63) is 146 Å². The van der Waals surface area contributed by atoms with Crippen molar-refractivity contribution in [1.82, 2.24) is 4.57 Å². The number of ether oxygens (including phenoxy) is 1. The zero-order valence-electron chi connectivity index (χ0n) is 25.1. The summed E-state index contributed by atoms with van der Waals surface area (Å²) in [5.74, 6) is 0. The summed E-state index contributed by atoms with van der Waals surface area (Å²) >= 11 is 0. The van der Waals surface area contributed by atoms with Crippen LogP contribution in [0.4, 0.5) is 4.79 Å². The highest BCUT2D eigenvalue weighted by atomic mass is 16.6. The summed E-state index contributed by atoms with van der Waals surface area (Å²) in [4.78, 5) is 13.7. The summed E-state index contributed by atoms with van der Waals surface area (Å²) in [7, 11) is 0. The van der Waals surface area contributed by atoms with Gasteiger partial charge in [-0.15, -0.1) is 0 Å². The zero-order valence-corrected chi connectivity index (χ0v) is 25.1. The van der Waals surface area contributed by atoms with Gasteiger partial charge in [0.1, 0.15) is 5.60 Å². The molecule has 0 saturated heterocycles. The fourth-order valence-electron chi connectivity index (χ4n) is 5.80. The number of rotatable bonds is 4. The summed E-state index contributed by atoms with van der Waals surface area (Å²) in [6.45, 7) is 5.68. The molecule has 0 radical (unpaired) electrons. The van der Waals surface area contributed by atoms with Crippen LogP contribution in [0.5, 0.6) is 0 Å². The van der Waals surface area contributed by atoms with Gasteiger partial charge in [-0.25, -0.2) is 9.36 Å². The zero-order chi connectivity index (χ0) is 30.3. The highest BCUT2D eigenvalue weighted by Crippen LogP contribution is 2.34. The second-order valence-electron chi connectivity index (χ2n) is 12.2. The van der Waals surface area contributed by atoms with Crippen LogP contribution >= 0.6 is 0 Å². The van der Waals surface area contributed by atoms with Crippen LogP contribution in [0.15, 0.2) is 146 Å². The number of benzene rings is 6. The maximum Gasteiger partial charge on any atom is 0.419 e. The van der Waals surface area contributed by atoms with E-state index in [1.165, 1.54) is 21.5 Å². The van der Waals surface area contributed by atoms with Crippen molar-refractivity contribution in [3.8, 4) is 44.8 Å². The van der Waals surface area contributed by atoms with Crippen LogP contribution in [0.1, 0.15) is 20.8 Å². The van der Waals surface area contributed by atoms with E-state index in [1.54, 1.807) is 4.57 Å². The Morgan fingerprint density at radius 3 is 1.23 bits per heavy atom.